The first-order chi connectivity index (χ1) is 10.3. The lowest BCUT2D eigenvalue weighted by Gasteiger charge is -2.08. The third-order valence-corrected chi connectivity index (χ3v) is 4.61. The molecule has 0 radical (unpaired) electrons. The Hall–Kier alpha value is -2.52. The van der Waals surface area contributed by atoms with Crippen LogP contribution >= 0.6 is 11.3 Å². The summed E-state index contributed by atoms with van der Waals surface area (Å²) in [5, 5.41) is 3.33. The molecule has 2 heterocycles. The van der Waals surface area contributed by atoms with Crippen molar-refractivity contribution in [2.45, 2.75) is 0 Å². The molecule has 2 aromatic carbocycles. The number of nitrogens with zero attached hydrogens (tertiary/aromatic N) is 1. The van der Waals surface area contributed by atoms with E-state index >= 15 is 0 Å². The molecule has 4 rings (SSSR count). The van der Waals surface area contributed by atoms with Crippen molar-refractivity contribution in [1.82, 2.24) is 4.57 Å². The third-order valence-electron chi connectivity index (χ3n) is 3.69. The molecule has 0 unspecified atom stereocenters. The summed E-state index contributed by atoms with van der Waals surface area (Å²) in [6, 6.07) is 20.9. The van der Waals surface area contributed by atoms with Crippen LogP contribution in [-0.4, -0.2) is 4.57 Å². The summed E-state index contributed by atoms with van der Waals surface area (Å²) < 4.78 is 2.14. The number of nitrogens with two attached hydrogens (primary N) is 1. The summed E-state index contributed by atoms with van der Waals surface area (Å²) in [5.74, 6) is 0. The van der Waals surface area contributed by atoms with Gasteiger partial charge in [0, 0.05) is 16.5 Å². The van der Waals surface area contributed by atoms with Crippen LogP contribution in [0.3, 0.4) is 0 Å². The fourth-order valence-corrected chi connectivity index (χ4v) is 3.38. The van der Waals surface area contributed by atoms with Crippen LogP contribution in [0.15, 0.2) is 72.2 Å². The number of rotatable bonds is 2. The highest BCUT2D eigenvalue weighted by Crippen LogP contribution is 2.30. The van der Waals surface area contributed by atoms with Crippen molar-refractivity contribution in [3.05, 3.63) is 72.2 Å². The standard InChI is InChI=1S/C18H14N2S/c19-15-4-1-2-5-17(15)20-10-9-13-12-14(7-8-16(13)20)18-6-3-11-21-18/h1-12H,19H2. The zero-order chi connectivity index (χ0) is 14.2. The van der Waals surface area contributed by atoms with E-state index in [0.717, 1.165) is 11.4 Å². The minimum absolute atomic E-state index is 0.789. The lowest BCUT2D eigenvalue weighted by atomic mass is 10.1. The van der Waals surface area contributed by atoms with E-state index in [1.165, 1.54) is 21.3 Å². The number of hydrogen-bond acceptors (Lipinski definition) is 2. The predicted molar refractivity (Wildman–Crippen MR) is 91.0 cm³/mol. The molecule has 21 heavy (non-hydrogen) atoms. The van der Waals surface area contributed by atoms with Gasteiger partial charge in [0.2, 0.25) is 0 Å². The normalized spacial score (nSPS) is 11.0. The molecule has 4 aromatic rings. The van der Waals surface area contributed by atoms with Gasteiger partial charge in [0.05, 0.1) is 16.9 Å². The summed E-state index contributed by atoms with van der Waals surface area (Å²) in [7, 11) is 0. The first-order valence-electron chi connectivity index (χ1n) is 6.83. The minimum atomic E-state index is 0.789. The van der Waals surface area contributed by atoms with Gasteiger partial charge in [-0.2, -0.15) is 0 Å². The highest BCUT2D eigenvalue weighted by molar-refractivity contribution is 7.13. The Morgan fingerprint density at radius 3 is 2.62 bits per heavy atom. The molecule has 2 aromatic heterocycles. The Bertz CT molecular complexity index is 904. The quantitative estimate of drug-likeness (QED) is 0.521. The Balaban J connectivity index is 1.89. The molecule has 2 N–H and O–H groups in total. The zero-order valence-electron chi connectivity index (χ0n) is 11.4. The maximum atomic E-state index is 6.09. The number of nitrogen functional groups attached to an aromatic ring is 1. The van der Waals surface area contributed by atoms with Crippen molar-refractivity contribution in [2.75, 3.05) is 5.73 Å². The van der Waals surface area contributed by atoms with Gasteiger partial charge in [0.1, 0.15) is 0 Å². The van der Waals surface area contributed by atoms with Crippen LogP contribution in [0, 0.1) is 0 Å². The molecule has 0 amide bonds. The van der Waals surface area contributed by atoms with E-state index in [0.29, 0.717) is 0 Å². The molecule has 3 heteroatoms. The topological polar surface area (TPSA) is 30.9 Å². The monoisotopic (exact) mass is 290 g/mol. The predicted octanol–water partition coefficient (Wildman–Crippen LogP) is 4.94. The number of anilines is 1. The number of para-hydroxylation sites is 2. The van der Waals surface area contributed by atoms with E-state index in [4.69, 9.17) is 5.73 Å². The van der Waals surface area contributed by atoms with Crippen molar-refractivity contribution < 1.29 is 0 Å². The maximum absolute atomic E-state index is 6.09. The van der Waals surface area contributed by atoms with Gasteiger partial charge in [0.15, 0.2) is 0 Å². The van der Waals surface area contributed by atoms with E-state index in [-0.39, 0.29) is 0 Å². The van der Waals surface area contributed by atoms with Crippen molar-refractivity contribution in [3.63, 3.8) is 0 Å². The molecule has 0 spiro atoms. The van der Waals surface area contributed by atoms with Gasteiger partial charge in [-0.25, -0.2) is 0 Å². The number of hydrogen-bond donors (Lipinski definition) is 1. The van der Waals surface area contributed by atoms with Crippen LogP contribution in [0.1, 0.15) is 0 Å². The van der Waals surface area contributed by atoms with Crippen molar-refractivity contribution >= 4 is 27.9 Å². The second-order valence-electron chi connectivity index (χ2n) is 5.00. The summed E-state index contributed by atoms with van der Waals surface area (Å²) in [6.45, 7) is 0. The molecule has 0 atom stereocenters. The smallest absolute Gasteiger partial charge is 0.0685 e. The van der Waals surface area contributed by atoms with Gasteiger partial charge in [-0.3, -0.25) is 0 Å². The Labute approximate surface area is 127 Å². The number of benzene rings is 2. The van der Waals surface area contributed by atoms with Gasteiger partial charge >= 0.3 is 0 Å². The lowest BCUT2D eigenvalue weighted by molar-refractivity contribution is 1.13. The van der Waals surface area contributed by atoms with E-state index in [1.807, 2.05) is 24.3 Å². The van der Waals surface area contributed by atoms with Crippen LogP contribution < -0.4 is 5.73 Å². The first-order valence-corrected chi connectivity index (χ1v) is 7.71. The molecule has 0 aliphatic rings. The molecule has 0 fully saturated rings. The van der Waals surface area contributed by atoms with Gasteiger partial charge in [-0.1, -0.05) is 24.3 Å². The Kier molecular flexibility index (Phi) is 2.79. The number of fused-ring (bicyclic) bond motifs is 1. The van der Waals surface area contributed by atoms with E-state index in [9.17, 15) is 0 Å². The highest BCUT2D eigenvalue weighted by Gasteiger charge is 2.07. The molecule has 102 valence electrons. The van der Waals surface area contributed by atoms with Crippen molar-refractivity contribution in [1.29, 1.82) is 0 Å². The summed E-state index contributed by atoms with van der Waals surface area (Å²) in [6.07, 6.45) is 2.08. The second kappa shape index (κ2) is 4.79. The van der Waals surface area contributed by atoms with E-state index in [1.54, 1.807) is 11.3 Å². The Morgan fingerprint density at radius 1 is 0.905 bits per heavy atom. The molecule has 0 aliphatic heterocycles. The molecular weight excluding hydrogens is 276 g/mol. The number of thiophene rings is 1. The van der Waals surface area contributed by atoms with Crippen molar-refractivity contribution in [3.8, 4) is 16.1 Å². The van der Waals surface area contributed by atoms with Crippen LogP contribution in [0.5, 0.6) is 0 Å². The van der Waals surface area contributed by atoms with E-state index < -0.39 is 0 Å². The third kappa shape index (κ3) is 2.03. The average Bonchev–Trinajstić information content (AvgIpc) is 3.17. The molecular formula is C18H14N2S. The molecule has 0 saturated heterocycles. The SMILES string of the molecule is Nc1ccccc1-n1ccc2cc(-c3cccs3)ccc21. The molecule has 0 aliphatic carbocycles. The fourth-order valence-electron chi connectivity index (χ4n) is 2.66. The number of aromatic nitrogens is 1. The lowest BCUT2D eigenvalue weighted by Crippen LogP contribution is -1.97. The van der Waals surface area contributed by atoms with Crippen LogP contribution in [0.4, 0.5) is 5.69 Å². The van der Waals surface area contributed by atoms with Gasteiger partial charge in [0.25, 0.3) is 0 Å². The summed E-state index contributed by atoms with van der Waals surface area (Å²) in [4.78, 5) is 1.30. The zero-order valence-corrected chi connectivity index (χ0v) is 12.2. The van der Waals surface area contributed by atoms with Gasteiger partial charge < -0.3 is 10.3 Å². The highest BCUT2D eigenvalue weighted by atomic mass is 32.1. The minimum Gasteiger partial charge on any atom is -0.397 e. The first kappa shape index (κ1) is 12.2. The second-order valence-corrected chi connectivity index (χ2v) is 5.94. The van der Waals surface area contributed by atoms with E-state index in [2.05, 4.69) is 52.5 Å². The van der Waals surface area contributed by atoms with Crippen LogP contribution in [-0.2, 0) is 0 Å². The van der Waals surface area contributed by atoms with Crippen molar-refractivity contribution in [2.24, 2.45) is 0 Å². The average molecular weight is 290 g/mol. The van der Waals surface area contributed by atoms with Gasteiger partial charge in [-0.05, 0) is 47.3 Å². The Morgan fingerprint density at radius 2 is 1.81 bits per heavy atom. The molecule has 0 saturated carbocycles. The van der Waals surface area contributed by atoms with Crippen LogP contribution in [0.2, 0.25) is 0 Å². The molecule has 0 bridgehead atoms. The summed E-state index contributed by atoms with van der Waals surface area (Å²) >= 11 is 1.76. The fraction of sp³-hybridized carbons (Fsp3) is 0. The largest absolute Gasteiger partial charge is 0.397 e. The molecule has 2 nitrogen and oxygen atoms in total. The maximum Gasteiger partial charge on any atom is 0.0685 e. The summed E-state index contributed by atoms with van der Waals surface area (Å²) in [5.41, 5.74) is 10.3. The van der Waals surface area contributed by atoms with Gasteiger partial charge in [-0.15, -0.1) is 11.3 Å². The van der Waals surface area contributed by atoms with Crippen LogP contribution in [0.25, 0.3) is 27.0 Å².